The third kappa shape index (κ3) is 2.71. The lowest BCUT2D eigenvalue weighted by Gasteiger charge is -2.33. The number of halogens is 3. The highest BCUT2D eigenvalue weighted by Gasteiger charge is 2.31. The molecule has 1 aliphatic heterocycles. The fraction of sp³-hybridized carbons (Fsp3) is 0.267. The maximum absolute atomic E-state index is 12.6. The van der Waals surface area contributed by atoms with Crippen LogP contribution in [0.1, 0.15) is 11.3 Å². The number of aliphatic hydroxyl groups excluding tert-OH is 1. The van der Waals surface area contributed by atoms with E-state index in [2.05, 4.69) is 4.98 Å². The van der Waals surface area contributed by atoms with Gasteiger partial charge in [-0.15, -0.1) is 0 Å². The van der Waals surface area contributed by atoms with Crippen LogP contribution < -0.4 is 4.90 Å². The predicted octanol–water partition coefficient (Wildman–Crippen LogP) is 3.16. The molecule has 1 aromatic carbocycles. The number of anilines is 2. The largest absolute Gasteiger partial charge is 0.416 e. The van der Waals surface area contributed by atoms with Crippen molar-refractivity contribution >= 4 is 11.4 Å². The summed E-state index contributed by atoms with van der Waals surface area (Å²) in [5.41, 5.74) is 1.49. The second kappa shape index (κ2) is 5.04. The molecule has 1 unspecified atom stereocenters. The Morgan fingerprint density at radius 2 is 1.86 bits per heavy atom. The average Bonchev–Trinajstić information content (AvgIpc) is 2.45. The van der Waals surface area contributed by atoms with Crippen molar-refractivity contribution in [3.8, 4) is 0 Å². The van der Waals surface area contributed by atoms with Gasteiger partial charge in [0.15, 0.2) is 0 Å². The van der Waals surface area contributed by atoms with Gasteiger partial charge in [0.05, 0.1) is 23.0 Å². The Labute approximate surface area is 119 Å². The molecule has 110 valence electrons. The van der Waals surface area contributed by atoms with Gasteiger partial charge in [0, 0.05) is 24.8 Å². The summed E-state index contributed by atoms with van der Waals surface area (Å²) >= 11 is 0. The van der Waals surface area contributed by atoms with E-state index in [1.165, 1.54) is 12.1 Å². The maximum Gasteiger partial charge on any atom is 0.416 e. The van der Waals surface area contributed by atoms with Crippen LogP contribution in [0.25, 0.3) is 0 Å². The first-order chi connectivity index (χ1) is 9.95. The minimum atomic E-state index is -4.35. The lowest BCUT2D eigenvalue weighted by molar-refractivity contribution is -0.137. The maximum atomic E-state index is 12.6. The van der Waals surface area contributed by atoms with Crippen molar-refractivity contribution in [2.24, 2.45) is 0 Å². The number of alkyl halides is 3. The molecule has 0 saturated carbocycles. The molecule has 0 amide bonds. The summed E-state index contributed by atoms with van der Waals surface area (Å²) in [6.07, 6.45) is -2.84. The van der Waals surface area contributed by atoms with E-state index in [1.54, 1.807) is 17.2 Å². The molecule has 1 N–H and O–H groups in total. The van der Waals surface area contributed by atoms with Crippen molar-refractivity contribution in [3.05, 3.63) is 53.9 Å². The lowest BCUT2D eigenvalue weighted by Crippen LogP contribution is -2.35. The van der Waals surface area contributed by atoms with Gasteiger partial charge in [0.25, 0.3) is 0 Å². The third-order valence-electron chi connectivity index (χ3n) is 3.49. The van der Waals surface area contributed by atoms with E-state index in [9.17, 15) is 18.3 Å². The third-order valence-corrected chi connectivity index (χ3v) is 3.49. The van der Waals surface area contributed by atoms with Gasteiger partial charge >= 0.3 is 6.18 Å². The summed E-state index contributed by atoms with van der Waals surface area (Å²) in [6, 6.07) is 8.55. The zero-order chi connectivity index (χ0) is 15.0. The number of β-amino-alcohol motifs (C(OH)–C–C–N with tert-alkyl or cyclic N) is 1. The van der Waals surface area contributed by atoms with Crippen molar-refractivity contribution in [2.45, 2.75) is 18.7 Å². The van der Waals surface area contributed by atoms with Gasteiger partial charge in [0.1, 0.15) is 0 Å². The first-order valence-corrected chi connectivity index (χ1v) is 6.52. The molecule has 0 saturated heterocycles. The second-order valence-electron chi connectivity index (χ2n) is 4.98. The summed E-state index contributed by atoms with van der Waals surface area (Å²) in [4.78, 5) is 6.01. The van der Waals surface area contributed by atoms with Crippen LogP contribution in [-0.4, -0.2) is 22.7 Å². The Morgan fingerprint density at radius 3 is 2.52 bits per heavy atom. The topological polar surface area (TPSA) is 36.4 Å². The predicted molar refractivity (Wildman–Crippen MR) is 72.4 cm³/mol. The highest BCUT2D eigenvalue weighted by atomic mass is 19.4. The van der Waals surface area contributed by atoms with Crippen LogP contribution in [0.4, 0.5) is 24.5 Å². The molecule has 0 bridgehead atoms. The number of aromatic nitrogens is 1. The van der Waals surface area contributed by atoms with Gasteiger partial charge in [-0.05, 0) is 36.4 Å². The normalized spacial score (nSPS) is 18.5. The van der Waals surface area contributed by atoms with E-state index < -0.39 is 17.8 Å². The van der Waals surface area contributed by atoms with E-state index in [-0.39, 0.29) is 0 Å². The molecule has 0 spiro atoms. The number of nitrogens with zero attached hydrogens (tertiary/aromatic N) is 2. The van der Waals surface area contributed by atoms with E-state index in [1.807, 2.05) is 6.07 Å². The summed E-state index contributed by atoms with van der Waals surface area (Å²) in [6.45, 7) is 0.337. The highest BCUT2D eigenvalue weighted by molar-refractivity contribution is 5.67. The van der Waals surface area contributed by atoms with Gasteiger partial charge < -0.3 is 10.0 Å². The summed E-state index contributed by atoms with van der Waals surface area (Å²) in [5, 5.41) is 9.91. The number of aliphatic hydroxyl groups is 1. The fourth-order valence-corrected chi connectivity index (χ4v) is 2.50. The van der Waals surface area contributed by atoms with Gasteiger partial charge in [-0.25, -0.2) is 0 Å². The summed E-state index contributed by atoms with van der Waals surface area (Å²) in [5.74, 6) is 0. The minimum Gasteiger partial charge on any atom is -0.391 e. The number of benzene rings is 1. The molecule has 2 aromatic rings. The Balaban J connectivity index is 1.97. The van der Waals surface area contributed by atoms with Crippen molar-refractivity contribution in [1.82, 2.24) is 4.98 Å². The first kappa shape index (κ1) is 13.9. The smallest absolute Gasteiger partial charge is 0.391 e. The van der Waals surface area contributed by atoms with Crippen molar-refractivity contribution in [3.63, 3.8) is 0 Å². The van der Waals surface area contributed by atoms with Crippen LogP contribution in [-0.2, 0) is 12.6 Å². The monoisotopic (exact) mass is 294 g/mol. The minimum absolute atomic E-state index is 0.337. The Kier molecular flexibility index (Phi) is 3.33. The lowest BCUT2D eigenvalue weighted by atomic mass is 10.0. The SMILES string of the molecule is OC1Cc2ncccc2N(c2ccc(C(F)(F)F)cc2)C1. The number of hydrogen-bond donors (Lipinski definition) is 1. The molecule has 6 heteroatoms. The standard InChI is InChI=1S/C15H13F3N2O/c16-15(17,18)10-3-5-11(6-4-10)20-9-12(21)8-13-14(20)2-1-7-19-13/h1-7,12,21H,8-9H2. The van der Waals surface area contributed by atoms with Crippen LogP contribution in [0.15, 0.2) is 42.6 Å². The number of pyridine rings is 1. The Bertz CT molecular complexity index is 640. The molecule has 3 rings (SSSR count). The van der Waals surface area contributed by atoms with Gasteiger partial charge in [-0.1, -0.05) is 0 Å². The Hall–Kier alpha value is -2.08. The zero-order valence-electron chi connectivity index (χ0n) is 11.0. The molecule has 21 heavy (non-hydrogen) atoms. The van der Waals surface area contributed by atoms with E-state index in [4.69, 9.17) is 0 Å². The number of rotatable bonds is 1. The fourth-order valence-electron chi connectivity index (χ4n) is 2.50. The summed E-state index contributed by atoms with van der Waals surface area (Å²) < 4.78 is 37.8. The van der Waals surface area contributed by atoms with Crippen molar-refractivity contribution in [2.75, 3.05) is 11.4 Å². The number of hydrogen-bond acceptors (Lipinski definition) is 3. The second-order valence-corrected chi connectivity index (χ2v) is 4.98. The quantitative estimate of drug-likeness (QED) is 0.877. The van der Waals surface area contributed by atoms with Gasteiger partial charge in [0.2, 0.25) is 0 Å². The van der Waals surface area contributed by atoms with Crippen LogP contribution in [0.5, 0.6) is 0 Å². The molecule has 2 heterocycles. The van der Waals surface area contributed by atoms with Crippen molar-refractivity contribution in [1.29, 1.82) is 0 Å². The average molecular weight is 294 g/mol. The molecule has 1 aliphatic rings. The van der Waals surface area contributed by atoms with Crippen LogP contribution >= 0.6 is 0 Å². The Morgan fingerprint density at radius 1 is 1.14 bits per heavy atom. The van der Waals surface area contributed by atoms with Crippen LogP contribution in [0.2, 0.25) is 0 Å². The molecule has 3 nitrogen and oxygen atoms in total. The molecule has 0 fully saturated rings. The number of fused-ring (bicyclic) bond motifs is 1. The molecular formula is C15H13F3N2O. The molecule has 0 aliphatic carbocycles. The summed E-state index contributed by atoms with van der Waals surface area (Å²) in [7, 11) is 0. The first-order valence-electron chi connectivity index (χ1n) is 6.52. The molecule has 0 radical (unpaired) electrons. The molecular weight excluding hydrogens is 281 g/mol. The zero-order valence-corrected chi connectivity index (χ0v) is 11.0. The van der Waals surface area contributed by atoms with E-state index >= 15 is 0 Å². The van der Waals surface area contributed by atoms with Crippen LogP contribution in [0, 0.1) is 0 Å². The van der Waals surface area contributed by atoms with E-state index in [0.717, 1.165) is 23.5 Å². The molecule has 1 atom stereocenters. The van der Waals surface area contributed by atoms with Gasteiger partial charge in [-0.2, -0.15) is 13.2 Å². The molecule has 1 aromatic heterocycles. The van der Waals surface area contributed by atoms with Crippen LogP contribution in [0.3, 0.4) is 0 Å². The van der Waals surface area contributed by atoms with Gasteiger partial charge in [-0.3, -0.25) is 4.98 Å². The van der Waals surface area contributed by atoms with E-state index in [0.29, 0.717) is 18.7 Å². The highest BCUT2D eigenvalue weighted by Crippen LogP contribution is 2.35. The van der Waals surface area contributed by atoms with Crippen molar-refractivity contribution < 1.29 is 18.3 Å².